The van der Waals surface area contributed by atoms with Crippen molar-refractivity contribution in [2.24, 2.45) is 16.4 Å². The lowest BCUT2D eigenvalue weighted by Gasteiger charge is -2.34. The van der Waals surface area contributed by atoms with Crippen molar-refractivity contribution >= 4 is 24.7 Å². The number of hydrogen-bond donors (Lipinski definition) is 1. The zero-order chi connectivity index (χ0) is 15.1. The third kappa shape index (κ3) is 5.80. The molecule has 0 radical (unpaired) electrons. The molecule has 20 heavy (non-hydrogen) atoms. The predicted molar refractivity (Wildman–Crippen MR) is 89.5 cm³/mol. The molecular weight excluding hydrogens is 291 g/mol. The lowest BCUT2D eigenvalue weighted by molar-refractivity contribution is 0.233. The van der Waals surface area contributed by atoms with Crippen molar-refractivity contribution in [3.8, 4) is 0 Å². The topological polar surface area (TPSA) is 42.8 Å². The van der Waals surface area contributed by atoms with Gasteiger partial charge in [0, 0.05) is 11.6 Å². The minimum atomic E-state index is -2.46. The van der Waals surface area contributed by atoms with Gasteiger partial charge in [0.15, 0.2) is 0 Å². The highest BCUT2D eigenvalue weighted by Crippen LogP contribution is 2.44. The van der Waals surface area contributed by atoms with Crippen LogP contribution in [-0.4, -0.2) is 19.4 Å². The lowest BCUT2D eigenvalue weighted by Crippen LogP contribution is -2.28. The number of hydrogen-bond acceptors (Lipinski definition) is 4. The standard InChI is InChI=1S/C14H29N2O2PS/c1-5-17-19(20,18-6-2)16-15-12-14(3,4)13-10-8-7-9-11-13/h12-13H,5-11H2,1-4H3,(H,16,20)/b15-12-. The van der Waals surface area contributed by atoms with Gasteiger partial charge in [-0.3, -0.25) is 0 Å². The Bertz CT molecular complexity index is 345. The molecule has 118 valence electrons. The van der Waals surface area contributed by atoms with Gasteiger partial charge < -0.3 is 9.05 Å². The molecule has 1 N–H and O–H groups in total. The van der Waals surface area contributed by atoms with E-state index < -0.39 is 6.64 Å². The normalized spacial score (nSPS) is 18.6. The maximum atomic E-state index is 5.51. The average Bonchev–Trinajstić information content (AvgIpc) is 2.40. The van der Waals surface area contributed by atoms with Gasteiger partial charge in [0.1, 0.15) is 0 Å². The summed E-state index contributed by atoms with van der Waals surface area (Å²) in [6.45, 7) is 6.93. The Labute approximate surface area is 128 Å². The molecule has 0 aromatic heterocycles. The van der Waals surface area contributed by atoms with Gasteiger partial charge in [-0.1, -0.05) is 33.1 Å². The highest BCUT2D eigenvalue weighted by atomic mass is 32.5. The van der Waals surface area contributed by atoms with Gasteiger partial charge in [-0.25, -0.2) is 5.20 Å². The van der Waals surface area contributed by atoms with E-state index in [4.69, 9.17) is 20.9 Å². The van der Waals surface area contributed by atoms with E-state index in [-0.39, 0.29) is 5.41 Å². The Morgan fingerprint density at radius 2 is 1.75 bits per heavy atom. The third-order valence-electron chi connectivity index (χ3n) is 3.83. The van der Waals surface area contributed by atoms with Crippen molar-refractivity contribution in [3.05, 3.63) is 0 Å². The van der Waals surface area contributed by atoms with Gasteiger partial charge in [0.25, 0.3) is 0 Å². The Hall–Kier alpha value is 0.0400. The van der Waals surface area contributed by atoms with Crippen LogP contribution in [0, 0.1) is 11.3 Å². The predicted octanol–water partition coefficient (Wildman–Crippen LogP) is 4.47. The number of nitrogens with zero attached hydrogens (tertiary/aromatic N) is 1. The van der Waals surface area contributed by atoms with E-state index in [1.54, 1.807) is 0 Å². The molecule has 4 nitrogen and oxygen atoms in total. The third-order valence-corrected chi connectivity index (χ3v) is 6.27. The van der Waals surface area contributed by atoms with Gasteiger partial charge in [-0.15, -0.1) is 0 Å². The summed E-state index contributed by atoms with van der Waals surface area (Å²) in [5.74, 6) is 0.707. The molecule has 0 unspecified atom stereocenters. The van der Waals surface area contributed by atoms with E-state index >= 15 is 0 Å². The molecule has 0 saturated heterocycles. The first kappa shape index (κ1) is 18.1. The Kier molecular flexibility index (Phi) is 7.67. The fourth-order valence-corrected chi connectivity index (χ4v) is 4.50. The second kappa shape index (κ2) is 8.47. The second-order valence-electron chi connectivity index (χ2n) is 5.85. The van der Waals surface area contributed by atoms with Crippen molar-refractivity contribution in [2.45, 2.75) is 59.8 Å². The first-order valence-electron chi connectivity index (χ1n) is 7.64. The molecule has 0 spiro atoms. The van der Waals surface area contributed by atoms with Crippen LogP contribution in [0.2, 0.25) is 0 Å². The summed E-state index contributed by atoms with van der Waals surface area (Å²) >= 11 is 5.39. The smallest absolute Gasteiger partial charge is 0.303 e. The molecule has 6 heteroatoms. The minimum absolute atomic E-state index is 0.0893. The van der Waals surface area contributed by atoms with Crippen molar-refractivity contribution < 1.29 is 9.05 Å². The molecule has 0 aromatic rings. The largest absolute Gasteiger partial charge is 0.313 e. The molecule has 0 aromatic carbocycles. The van der Waals surface area contributed by atoms with Crippen molar-refractivity contribution in [2.75, 3.05) is 13.2 Å². The maximum absolute atomic E-state index is 5.51. The first-order chi connectivity index (χ1) is 9.43. The maximum Gasteiger partial charge on any atom is 0.303 e. The summed E-state index contributed by atoms with van der Waals surface area (Å²) in [5, 5.41) is 7.29. The van der Waals surface area contributed by atoms with E-state index in [0.29, 0.717) is 19.1 Å². The summed E-state index contributed by atoms with van der Waals surface area (Å²) in [5.41, 5.74) is 0.0893. The average molecular weight is 320 g/mol. The van der Waals surface area contributed by atoms with E-state index in [0.717, 1.165) is 0 Å². The Balaban J connectivity index is 2.58. The van der Waals surface area contributed by atoms with Crippen molar-refractivity contribution in [1.29, 1.82) is 0 Å². The van der Waals surface area contributed by atoms with Crippen LogP contribution in [0.4, 0.5) is 0 Å². The lowest BCUT2D eigenvalue weighted by atomic mass is 9.72. The summed E-state index contributed by atoms with van der Waals surface area (Å²) < 4.78 is 11.0. The van der Waals surface area contributed by atoms with E-state index in [2.05, 4.69) is 24.1 Å². The van der Waals surface area contributed by atoms with Crippen LogP contribution in [0.1, 0.15) is 59.8 Å². The zero-order valence-electron chi connectivity index (χ0n) is 13.2. The van der Waals surface area contributed by atoms with Gasteiger partial charge in [-0.2, -0.15) is 5.10 Å². The molecular formula is C14H29N2O2PS. The SMILES string of the molecule is CCOP(=S)(N/N=C\C(C)(C)C1CCCCC1)OCC. The van der Waals surface area contributed by atoms with Gasteiger partial charge >= 0.3 is 6.64 Å². The number of nitrogens with one attached hydrogen (secondary N) is 1. The van der Waals surface area contributed by atoms with Crippen LogP contribution in [0.3, 0.4) is 0 Å². The highest BCUT2D eigenvalue weighted by molar-refractivity contribution is 8.08. The quantitative estimate of drug-likeness (QED) is 0.407. The molecule has 1 rings (SSSR count). The summed E-state index contributed by atoms with van der Waals surface area (Å²) in [4.78, 5) is 0. The molecule has 1 aliphatic rings. The Morgan fingerprint density at radius 1 is 1.20 bits per heavy atom. The summed E-state index contributed by atoms with van der Waals surface area (Å²) in [7, 11) is 0. The van der Waals surface area contributed by atoms with Gasteiger partial charge in [0.2, 0.25) is 0 Å². The van der Waals surface area contributed by atoms with Crippen molar-refractivity contribution in [3.63, 3.8) is 0 Å². The van der Waals surface area contributed by atoms with Crippen LogP contribution >= 0.6 is 6.64 Å². The monoisotopic (exact) mass is 320 g/mol. The van der Waals surface area contributed by atoms with E-state index in [1.807, 2.05) is 20.1 Å². The highest BCUT2D eigenvalue weighted by Gasteiger charge is 2.29. The Morgan fingerprint density at radius 3 is 2.25 bits per heavy atom. The van der Waals surface area contributed by atoms with Gasteiger partial charge in [-0.05, 0) is 44.4 Å². The van der Waals surface area contributed by atoms with Crippen LogP contribution in [-0.2, 0) is 20.9 Å². The molecule has 0 bridgehead atoms. The second-order valence-corrected chi connectivity index (χ2v) is 9.00. The molecule has 1 fully saturated rings. The fraction of sp³-hybridized carbons (Fsp3) is 0.929. The van der Waals surface area contributed by atoms with E-state index in [9.17, 15) is 0 Å². The van der Waals surface area contributed by atoms with Crippen LogP contribution in [0.25, 0.3) is 0 Å². The van der Waals surface area contributed by atoms with Crippen LogP contribution in [0.5, 0.6) is 0 Å². The van der Waals surface area contributed by atoms with Gasteiger partial charge in [0.05, 0.1) is 13.2 Å². The molecule has 0 aliphatic heterocycles. The fourth-order valence-electron chi connectivity index (χ4n) is 2.65. The number of hydrazone groups is 1. The molecule has 0 heterocycles. The first-order valence-corrected chi connectivity index (χ1v) is 10.3. The summed E-state index contributed by atoms with van der Waals surface area (Å²) in [6.07, 6.45) is 8.63. The van der Waals surface area contributed by atoms with Crippen LogP contribution < -0.4 is 5.20 Å². The van der Waals surface area contributed by atoms with Crippen molar-refractivity contribution in [1.82, 2.24) is 5.20 Å². The zero-order valence-corrected chi connectivity index (χ0v) is 14.9. The minimum Gasteiger partial charge on any atom is -0.313 e. The molecule has 1 saturated carbocycles. The molecule has 0 atom stereocenters. The van der Waals surface area contributed by atoms with Crippen LogP contribution in [0.15, 0.2) is 5.10 Å². The summed E-state index contributed by atoms with van der Waals surface area (Å²) in [6, 6.07) is 0. The van der Waals surface area contributed by atoms with E-state index in [1.165, 1.54) is 32.1 Å². The molecule has 0 amide bonds. The number of rotatable bonds is 8. The molecule has 1 aliphatic carbocycles.